The molecule has 2 heterocycles. The number of anilines is 1. The van der Waals surface area contributed by atoms with Crippen molar-refractivity contribution in [3.63, 3.8) is 0 Å². The third-order valence-corrected chi connectivity index (χ3v) is 2.20. The Morgan fingerprint density at radius 3 is 2.93 bits per heavy atom. The van der Waals surface area contributed by atoms with Crippen molar-refractivity contribution in [2.24, 2.45) is 0 Å². The van der Waals surface area contributed by atoms with Gasteiger partial charge in [-0.2, -0.15) is 0 Å². The van der Waals surface area contributed by atoms with Gasteiger partial charge in [-0.15, -0.1) is 0 Å². The lowest BCUT2D eigenvalue weighted by Crippen LogP contribution is -2.25. The minimum Gasteiger partial charge on any atom is -0.543 e. The zero-order chi connectivity index (χ0) is 10.3. The Morgan fingerprint density at radius 2 is 2.29 bits per heavy atom. The molecule has 0 saturated heterocycles. The first kappa shape index (κ1) is 8.68. The molecule has 1 aromatic rings. The maximum absolute atomic E-state index is 11.2. The van der Waals surface area contributed by atoms with Crippen molar-refractivity contribution in [2.45, 2.75) is 6.42 Å². The first-order chi connectivity index (χ1) is 6.59. The van der Waals surface area contributed by atoms with Crippen LogP contribution in [0.4, 0.5) is 5.82 Å². The van der Waals surface area contributed by atoms with Gasteiger partial charge in [-0.3, -0.25) is 9.69 Å². The Morgan fingerprint density at radius 1 is 1.57 bits per heavy atom. The number of carboxylic acid groups (broad SMARTS) is 1. The van der Waals surface area contributed by atoms with Crippen molar-refractivity contribution in [1.82, 2.24) is 4.98 Å². The number of amides is 1. The van der Waals surface area contributed by atoms with Crippen LogP contribution in [0.15, 0.2) is 12.1 Å². The number of aromatic nitrogens is 1. The van der Waals surface area contributed by atoms with E-state index in [9.17, 15) is 14.7 Å². The van der Waals surface area contributed by atoms with Gasteiger partial charge in [-0.1, -0.05) is 6.07 Å². The first-order valence-electron chi connectivity index (χ1n) is 4.07. The molecule has 1 aromatic heterocycles. The number of fused-ring (bicyclic) bond motifs is 1. The Bertz CT molecular complexity index is 428. The molecule has 1 aliphatic rings. The van der Waals surface area contributed by atoms with E-state index in [2.05, 4.69) is 4.98 Å². The molecule has 14 heavy (non-hydrogen) atoms. The van der Waals surface area contributed by atoms with Crippen LogP contribution in [0.1, 0.15) is 16.1 Å². The van der Waals surface area contributed by atoms with Crippen LogP contribution in [-0.4, -0.2) is 23.9 Å². The van der Waals surface area contributed by atoms with Gasteiger partial charge in [0.05, 0.1) is 18.1 Å². The van der Waals surface area contributed by atoms with Gasteiger partial charge in [0.1, 0.15) is 5.82 Å². The summed E-state index contributed by atoms with van der Waals surface area (Å²) in [6.07, 6.45) is 0.284. The van der Waals surface area contributed by atoms with Gasteiger partial charge in [0.15, 0.2) is 0 Å². The molecule has 0 unspecified atom stereocenters. The minimum absolute atomic E-state index is 0.0806. The van der Waals surface area contributed by atoms with Crippen molar-refractivity contribution in [1.29, 1.82) is 0 Å². The molecule has 0 spiro atoms. The van der Waals surface area contributed by atoms with E-state index in [4.69, 9.17) is 0 Å². The summed E-state index contributed by atoms with van der Waals surface area (Å²) in [5.74, 6) is -1.000. The molecule has 72 valence electrons. The molecule has 0 bridgehead atoms. The number of carbonyl (C=O) groups excluding carboxylic acids is 2. The smallest absolute Gasteiger partial charge is 0.232 e. The second-order valence-electron chi connectivity index (χ2n) is 3.10. The van der Waals surface area contributed by atoms with Crippen LogP contribution in [0.5, 0.6) is 0 Å². The predicted molar refractivity (Wildman–Crippen MR) is 45.7 cm³/mol. The molecule has 0 radical (unpaired) electrons. The minimum atomic E-state index is -1.33. The summed E-state index contributed by atoms with van der Waals surface area (Å²) in [6.45, 7) is 0. The number of rotatable bonds is 1. The van der Waals surface area contributed by atoms with Crippen molar-refractivity contribution in [2.75, 3.05) is 11.9 Å². The summed E-state index contributed by atoms with van der Waals surface area (Å²) >= 11 is 0. The van der Waals surface area contributed by atoms with Gasteiger partial charge in [0.25, 0.3) is 0 Å². The van der Waals surface area contributed by atoms with Gasteiger partial charge < -0.3 is 9.90 Å². The highest BCUT2D eigenvalue weighted by atomic mass is 16.4. The van der Waals surface area contributed by atoms with E-state index in [1.165, 1.54) is 11.0 Å². The van der Waals surface area contributed by atoms with E-state index in [0.29, 0.717) is 5.82 Å². The predicted octanol–water partition coefficient (Wildman–Crippen LogP) is -1.04. The van der Waals surface area contributed by atoms with Gasteiger partial charge in [-0.25, -0.2) is 4.98 Å². The lowest BCUT2D eigenvalue weighted by molar-refractivity contribution is -0.255. The van der Waals surface area contributed by atoms with Crippen LogP contribution in [0, 0.1) is 0 Å². The second kappa shape index (κ2) is 2.80. The van der Waals surface area contributed by atoms with Crippen molar-refractivity contribution in [3.05, 3.63) is 23.4 Å². The first-order valence-corrected chi connectivity index (χ1v) is 4.07. The molecule has 1 amide bonds. The van der Waals surface area contributed by atoms with E-state index in [0.717, 1.165) is 5.56 Å². The molecule has 0 atom stereocenters. The average Bonchev–Trinajstić information content (AvgIpc) is 2.43. The molecule has 1 aliphatic heterocycles. The summed E-state index contributed by atoms with van der Waals surface area (Å²) in [5, 5.41) is 10.5. The Labute approximate surface area is 80.0 Å². The molecular weight excluding hydrogens is 184 g/mol. The average molecular weight is 191 g/mol. The van der Waals surface area contributed by atoms with E-state index < -0.39 is 5.97 Å². The zero-order valence-electron chi connectivity index (χ0n) is 7.48. The van der Waals surface area contributed by atoms with E-state index >= 15 is 0 Å². The van der Waals surface area contributed by atoms with E-state index in [1.54, 1.807) is 13.1 Å². The van der Waals surface area contributed by atoms with Crippen molar-refractivity contribution < 1.29 is 14.7 Å². The lowest BCUT2D eigenvalue weighted by atomic mass is 10.2. The molecule has 0 saturated carbocycles. The van der Waals surface area contributed by atoms with Crippen LogP contribution >= 0.6 is 0 Å². The van der Waals surface area contributed by atoms with E-state index in [1.807, 2.05) is 0 Å². The Kier molecular flexibility index (Phi) is 1.73. The van der Waals surface area contributed by atoms with Gasteiger partial charge >= 0.3 is 0 Å². The van der Waals surface area contributed by atoms with Crippen LogP contribution in [0.2, 0.25) is 0 Å². The Balaban J connectivity index is 2.51. The third-order valence-electron chi connectivity index (χ3n) is 2.20. The maximum atomic E-state index is 11.2. The van der Waals surface area contributed by atoms with Gasteiger partial charge in [0, 0.05) is 12.6 Å². The van der Waals surface area contributed by atoms with Crippen LogP contribution in [0.3, 0.4) is 0 Å². The second-order valence-corrected chi connectivity index (χ2v) is 3.10. The number of pyridine rings is 1. The number of nitrogens with zero attached hydrogens (tertiary/aromatic N) is 2. The zero-order valence-corrected chi connectivity index (χ0v) is 7.48. The van der Waals surface area contributed by atoms with Gasteiger partial charge in [-0.05, 0) is 6.07 Å². The fourth-order valence-electron chi connectivity index (χ4n) is 1.42. The normalized spacial score (nSPS) is 14.4. The summed E-state index contributed by atoms with van der Waals surface area (Å²) in [7, 11) is 1.57. The number of hydrogen-bond donors (Lipinski definition) is 0. The monoisotopic (exact) mass is 191 g/mol. The number of carbonyl (C=O) groups is 2. The number of hydrogen-bond acceptors (Lipinski definition) is 4. The third kappa shape index (κ3) is 1.14. The van der Waals surface area contributed by atoms with Crippen LogP contribution in [-0.2, 0) is 11.2 Å². The maximum Gasteiger partial charge on any atom is 0.232 e. The number of carboxylic acids is 1. The summed E-state index contributed by atoms with van der Waals surface area (Å²) in [4.78, 5) is 26.9. The van der Waals surface area contributed by atoms with Crippen LogP contribution in [0.25, 0.3) is 0 Å². The summed E-state index contributed by atoms with van der Waals surface area (Å²) in [5.41, 5.74) is 0.604. The highest BCUT2D eigenvalue weighted by molar-refractivity contribution is 6.00. The highest BCUT2D eigenvalue weighted by Crippen LogP contribution is 2.24. The molecule has 0 N–H and O–H groups in total. The quantitative estimate of drug-likeness (QED) is 0.568. The van der Waals surface area contributed by atoms with Crippen LogP contribution < -0.4 is 10.0 Å². The topological polar surface area (TPSA) is 73.3 Å². The van der Waals surface area contributed by atoms with E-state index in [-0.39, 0.29) is 18.0 Å². The number of likely N-dealkylation sites (N-methyl/N-ethyl adjacent to an activating group) is 1. The molecule has 5 heteroatoms. The summed E-state index contributed by atoms with van der Waals surface area (Å²) < 4.78 is 0. The SMILES string of the molecule is CN1C(=O)Cc2ccc(C(=O)[O-])nc21. The van der Waals surface area contributed by atoms with Gasteiger partial charge in [0.2, 0.25) is 5.91 Å². The summed E-state index contributed by atoms with van der Waals surface area (Å²) in [6, 6.07) is 2.94. The molecule has 0 aromatic carbocycles. The highest BCUT2D eigenvalue weighted by Gasteiger charge is 2.25. The fourth-order valence-corrected chi connectivity index (χ4v) is 1.42. The molecular formula is C9H7N2O3-. The standard InChI is InChI=1S/C9H8N2O3/c1-11-7(12)4-5-2-3-6(9(13)14)10-8(5)11/h2-3H,4H2,1H3,(H,13,14)/p-1. The number of aromatic carboxylic acids is 1. The molecule has 0 fully saturated rings. The lowest BCUT2D eigenvalue weighted by Gasteiger charge is -2.10. The molecule has 5 nitrogen and oxygen atoms in total. The molecule has 0 aliphatic carbocycles. The molecule has 2 rings (SSSR count). The fraction of sp³-hybridized carbons (Fsp3) is 0.222. The Hall–Kier alpha value is -1.91. The van der Waals surface area contributed by atoms with Crippen molar-refractivity contribution in [3.8, 4) is 0 Å². The largest absolute Gasteiger partial charge is 0.543 e. The van der Waals surface area contributed by atoms with Crippen molar-refractivity contribution >= 4 is 17.7 Å².